The Hall–Kier alpha value is -14.4. The van der Waals surface area contributed by atoms with E-state index in [1.54, 1.807) is 48.5 Å². The molecule has 0 bridgehead atoms. The predicted molar refractivity (Wildman–Crippen MR) is 533 cm³/mol. The largest absolute Gasteiger partial charge is 0.494 e. The van der Waals surface area contributed by atoms with E-state index in [0.29, 0.717) is 24.7 Å². The zero-order valence-electron chi connectivity index (χ0n) is 83.8. The molecule has 788 valence electrons. The van der Waals surface area contributed by atoms with Crippen molar-refractivity contribution < 1.29 is 162 Å². The Morgan fingerprint density at radius 3 is 0.785 bits per heavy atom. The second-order valence-electron chi connectivity index (χ2n) is 37.9. The minimum absolute atomic E-state index is 0.00567. The number of ether oxygens (including phenoxy) is 18. The molecule has 0 spiro atoms. The number of esters is 16. The summed E-state index contributed by atoms with van der Waals surface area (Å²) in [5, 5.41) is -0.204. The molecular weight excluding hydrogens is 1970 g/mol. The Morgan fingerprint density at radius 2 is 0.517 bits per heavy atom. The van der Waals surface area contributed by atoms with Gasteiger partial charge in [-0.3, -0.25) is 28.8 Å². The fraction of sp³-hybridized carbons (Fsp3) is 0.446. The Kier molecular flexibility index (Phi) is 37.6. The van der Waals surface area contributed by atoms with Crippen LogP contribution in [0.15, 0.2) is 176 Å². The van der Waals surface area contributed by atoms with E-state index in [-0.39, 0.29) is 253 Å². The van der Waals surface area contributed by atoms with E-state index in [2.05, 4.69) is 0 Å². The van der Waals surface area contributed by atoms with E-state index in [1.165, 1.54) is 137 Å². The first kappa shape index (κ1) is 109. The van der Waals surface area contributed by atoms with Crippen LogP contribution in [0.1, 0.15) is 261 Å². The van der Waals surface area contributed by atoms with Crippen LogP contribution in [0.2, 0.25) is 0 Å². The third-order valence-corrected chi connectivity index (χ3v) is 30.4. The summed E-state index contributed by atoms with van der Waals surface area (Å²) in [6.07, 6.45) is 0.998. The molecule has 37 heteroatoms. The van der Waals surface area contributed by atoms with Gasteiger partial charge in [-0.2, -0.15) is 0 Å². The Balaban J connectivity index is 0.791. The van der Waals surface area contributed by atoms with Gasteiger partial charge >= 0.3 is 95.5 Å². The summed E-state index contributed by atoms with van der Waals surface area (Å²) in [4.78, 5) is 229. The van der Waals surface area contributed by atoms with E-state index in [1.807, 2.05) is 13.8 Å². The number of methoxy groups -OCH3 is 4. The van der Waals surface area contributed by atoms with Gasteiger partial charge in [0.05, 0.1) is 120 Å². The average molecular weight is 2090 g/mol. The predicted octanol–water partition coefficient (Wildman–Crippen LogP) is 18.3. The number of carbonyl (C=O) groups is 16. The van der Waals surface area contributed by atoms with Crippen LogP contribution in [0.25, 0.3) is 0 Å². The monoisotopic (exact) mass is 2090 g/mol. The van der Waals surface area contributed by atoms with Gasteiger partial charge in [-0.25, -0.2) is 47.9 Å². The molecule has 7 aromatic rings. The van der Waals surface area contributed by atoms with Gasteiger partial charge in [-0.15, -0.1) is 0 Å². The number of carbonyl (C=O) groups excluding carboxylic acids is 16. The molecule has 0 amide bonds. The third kappa shape index (κ3) is 28.0. The first-order valence-corrected chi connectivity index (χ1v) is 52.2. The van der Waals surface area contributed by atoms with Crippen molar-refractivity contribution in [3.8, 4) is 46.0 Å². The van der Waals surface area contributed by atoms with Crippen LogP contribution in [-0.4, -0.2) is 181 Å². The molecular formula is C112H119NO34S2. The fourth-order valence-electron chi connectivity index (χ4n) is 19.2. The average Bonchev–Trinajstić information content (AvgIpc) is 1.56. The Bertz CT molecular complexity index is 5930. The van der Waals surface area contributed by atoms with Crippen molar-refractivity contribution in [3.05, 3.63) is 206 Å². The number of hydrogen-bond acceptors (Lipinski definition) is 37. The van der Waals surface area contributed by atoms with Gasteiger partial charge in [0.15, 0.2) is 22.6 Å². The van der Waals surface area contributed by atoms with Crippen LogP contribution in [0.3, 0.4) is 0 Å². The zero-order valence-corrected chi connectivity index (χ0v) is 85.5. The van der Waals surface area contributed by atoms with Crippen LogP contribution >= 0.6 is 23.5 Å². The number of fused-ring (bicyclic) bond motifs is 2. The maximum Gasteiger partial charge on any atom is 0.348 e. The summed E-state index contributed by atoms with van der Waals surface area (Å²) in [7, 11) is 6.40. The Labute approximate surface area is 869 Å². The standard InChI is InChI=1S/C112H119NO34S2/c1-8-10-60-134-75-36-12-67(13-37-75)101(118)140-81-48-32-73(33-49-81)107(124)146-92-87-62-88(89(109(126)142-83-52-24-69(25-53-83)103(120)136-77-40-16-63(17-41-77)97(114)130-4)110(127)143-84-54-26-70(27-55-84)104(121)137-78-42-18-64(19-43-78)98(115)131-5)148-94(87)93(147-108(125)74-34-50-82(51-35-74)141-102(119)68-14-38-76(39-15-68)135-61-11-9-2)91-95(92)149-96(113(91)3)90(111(128)144-85-56-28-71(29-57-85)105(122)138-79-44-20-65(21-45-79)99(116)132-6)112(129)145-86-58-30-72(31-59-86)106(123)139-80-46-22-66(23-47-80)100(117)133-7/h12-23,36-47,69-74,81-86H,8-11,24-35,48-62H2,1-7H3. The lowest BCUT2D eigenvalue weighted by molar-refractivity contribution is -0.158. The smallest absolute Gasteiger partial charge is 0.348 e. The molecule has 0 N–H and O–H groups in total. The first-order valence-electron chi connectivity index (χ1n) is 50.6. The third-order valence-electron chi connectivity index (χ3n) is 27.9. The van der Waals surface area contributed by atoms with Crippen molar-refractivity contribution >= 4 is 125 Å². The van der Waals surface area contributed by atoms with E-state index in [0.717, 1.165) is 49.2 Å². The molecule has 6 aliphatic carbocycles. The zero-order chi connectivity index (χ0) is 105. The molecule has 6 saturated carbocycles. The Morgan fingerprint density at radius 1 is 0.275 bits per heavy atom. The summed E-state index contributed by atoms with van der Waals surface area (Å²) in [6, 6.07) is 36.3. The summed E-state index contributed by atoms with van der Waals surface area (Å²) in [6.45, 7) is 5.07. The normalized spacial score (nSPS) is 21.2. The molecule has 149 heavy (non-hydrogen) atoms. The SMILES string of the molecule is CCCCOc1ccc(C(=O)OC2CCC(C(=O)Oc3c4c(c(OC(=O)C5CCC(OC(=O)c6ccc(OCCCC)cc6)CC5)c5c3SC(=C(C(=O)OC3CCC(C(=O)Oc6ccc(C(=O)OC)cc6)CC3)C(=O)OC3CCC(C(=O)Oc6ccc(C(=O)OC)cc6)CC3)N5C)SC(=C(C(=O)OC3CCC(C(=O)Oc5ccc(C(=O)OC)cc5)CC3)C(=O)OC3CCC(C(=O)Oc5ccc(C(=O)OC)cc5)CC3)C4)CC2)cc1. The molecule has 6 fully saturated rings. The van der Waals surface area contributed by atoms with Crippen molar-refractivity contribution in [1.29, 1.82) is 0 Å². The minimum atomic E-state index is -1.21. The van der Waals surface area contributed by atoms with Crippen molar-refractivity contribution in [1.82, 2.24) is 0 Å². The molecule has 15 rings (SSSR count). The van der Waals surface area contributed by atoms with Gasteiger partial charge in [0, 0.05) is 23.9 Å². The maximum absolute atomic E-state index is 15.9. The van der Waals surface area contributed by atoms with E-state index in [4.69, 9.17) is 85.3 Å². The minimum Gasteiger partial charge on any atom is -0.494 e. The van der Waals surface area contributed by atoms with Crippen molar-refractivity contribution in [2.45, 2.75) is 246 Å². The number of rotatable bonds is 36. The summed E-state index contributed by atoms with van der Waals surface area (Å²) in [5.41, 5.74) is 0.0761. The molecule has 2 heterocycles. The van der Waals surface area contributed by atoms with Gasteiger partial charge < -0.3 is 90.2 Å². The van der Waals surface area contributed by atoms with Crippen LogP contribution in [0.5, 0.6) is 46.0 Å². The first-order chi connectivity index (χ1) is 72.0. The molecule has 2 aliphatic heterocycles. The quantitative estimate of drug-likeness (QED) is 0.00669. The van der Waals surface area contributed by atoms with Gasteiger partial charge in [0.25, 0.3) is 0 Å². The van der Waals surface area contributed by atoms with Crippen molar-refractivity contribution in [2.75, 3.05) is 53.6 Å². The summed E-state index contributed by atoms with van der Waals surface area (Å²) in [5.74, 6) is -15.7. The summed E-state index contributed by atoms with van der Waals surface area (Å²) < 4.78 is 105. The topological polar surface area (TPSA) is 443 Å². The molecule has 0 aromatic heterocycles. The highest BCUT2D eigenvalue weighted by Crippen LogP contribution is 2.64. The summed E-state index contributed by atoms with van der Waals surface area (Å²) >= 11 is 1.52. The fourth-order valence-corrected chi connectivity index (χ4v) is 21.7. The molecule has 0 unspecified atom stereocenters. The van der Waals surface area contributed by atoms with Gasteiger partial charge in [0.1, 0.15) is 81.8 Å². The number of thioether (sulfide) groups is 2. The number of nitrogens with zero attached hydrogens (tertiary/aromatic N) is 1. The van der Waals surface area contributed by atoms with E-state index >= 15 is 28.8 Å². The number of unbranched alkanes of at least 4 members (excludes halogenated alkanes) is 2. The lowest BCUT2D eigenvalue weighted by Crippen LogP contribution is -2.34. The molecule has 35 nitrogen and oxygen atoms in total. The highest BCUT2D eigenvalue weighted by atomic mass is 32.2. The van der Waals surface area contributed by atoms with E-state index < -0.39 is 185 Å². The van der Waals surface area contributed by atoms with Gasteiger partial charge in [0.2, 0.25) is 0 Å². The van der Waals surface area contributed by atoms with Crippen LogP contribution < -0.4 is 42.8 Å². The van der Waals surface area contributed by atoms with Crippen LogP contribution in [0, 0.1) is 35.5 Å². The second-order valence-corrected chi connectivity index (χ2v) is 40.0. The number of hydrogen-bond donors (Lipinski definition) is 0. The molecule has 0 saturated heterocycles. The lowest BCUT2D eigenvalue weighted by Gasteiger charge is -2.29. The van der Waals surface area contributed by atoms with Crippen molar-refractivity contribution in [3.63, 3.8) is 0 Å². The lowest BCUT2D eigenvalue weighted by atomic mass is 9.87. The number of benzene rings is 7. The highest BCUT2D eigenvalue weighted by Gasteiger charge is 2.49. The molecule has 8 aliphatic rings. The maximum atomic E-state index is 15.9. The molecule has 7 aromatic carbocycles. The van der Waals surface area contributed by atoms with Gasteiger partial charge in [-0.05, 0) is 313 Å². The number of anilines is 1. The van der Waals surface area contributed by atoms with Crippen LogP contribution in [0.4, 0.5) is 5.69 Å². The molecule has 0 radical (unpaired) electrons. The second kappa shape index (κ2) is 51.5. The molecule has 0 atom stereocenters. The number of allylic oxidation sites excluding steroid dienone is 1. The highest BCUT2D eigenvalue weighted by molar-refractivity contribution is 8.04. The van der Waals surface area contributed by atoms with Gasteiger partial charge in [-0.1, -0.05) is 50.2 Å². The van der Waals surface area contributed by atoms with E-state index in [9.17, 15) is 47.9 Å². The van der Waals surface area contributed by atoms with Crippen LogP contribution in [-0.2, 0) is 102 Å². The van der Waals surface area contributed by atoms with Crippen molar-refractivity contribution in [2.24, 2.45) is 35.5 Å².